The molecule has 0 atom stereocenters. The molecule has 0 amide bonds. The van der Waals surface area contributed by atoms with Crippen LogP contribution in [0.5, 0.6) is 0 Å². The summed E-state index contributed by atoms with van der Waals surface area (Å²) in [6, 6.07) is 2.47. The van der Waals surface area contributed by atoms with E-state index in [2.05, 4.69) is 23.8 Å². The first-order valence-corrected chi connectivity index (χ1v) is 8.47. The number of hydrogen-bond acceptors (Lipinski definition) is 3. The molecule has 3 rings (SSSR count). The van der Waals surface area contributed by atoms with E-state index < -0.39 is 0 Å². The van der Waals surface area contributed by atoms with Crippen molar-refractivity contribution < 1.29 is 0 Å². The molecule has 0 unspecified atom stereocenters. The maximum absolute atomic E-state index is 12.2. The van der Waals surface area contributed by atoms with Crippen LogP contribution in [0.2, 0.25) is 0 Å². The quantitative estimate of drug-likeness (QED) is 0.856. The molecule has 0 N–H and O–H groups in total. The summed E-state index contributed by atoms with van der Waals surface area (Å²) in [6.07, 6.45) is 6.86. The molecule has 1 fully saturated rings. The van der Waals surface area contributed by atoms with E-state index in [0.29, 0.717) is 12.0 Å². The molecular weight excluding hydrogens is 262 g/mol. The van der Waals surface area contributed by atoms with Crippen molar-refractivity contribution in [3.8, 4) is 0 Å². The smallest absolute Gasteiger partial charge is 0.267 e. The minimum atomic E-state index is 0.0990. The fraction of sp³-hybridized carbons (Fsp3) is 0.765. The Morgan fingerprint density at radius 1 is 1.24 bits per heavy atom. The van der Waals surface area contributed by atoms with E-state index in [-0.39, 0.29) is 5.56 Å². The van der Waals surface area contributed by atoms with E-state index in [4.69, 9.17) is 0 Å². The summed E-state index contributed by atoms with van der Waals surface area (Å²) >= 11 is 0. The third-order valence-corrected chi connectivity index (χ3v) is 5.08. The maximum Gasteiger partial charge on any atom is 0.267 e. The van der Waals surface area contributed by atoms with E-state index in [1.165, 1.54) is 36.9 Å². The van der Waals surface area contributed by atoms with Crippen molar-refractivity contribution in [2.24, 2.45) is 5.92 Å². The van der Waals surface area contributed by atoms with Crippen molar-refractivity contribution in [1.29, 1.82) is 0 Å². The average molecular weight is 289 g/mol. The zero-order valence-electron chi connectivity index (χ0n) is 13.3. The van der Waals surface area contributed by atoms with Gasteiger partial charge in [-0.3, -0.25) is 4.79 Å². The lowest BCUT2D eigenvalue weighted by Crippen LogP contribution is -2.40. The van der Waals surface area contributed by atoms with Gasteiger partial charge in [-0.2, -0.15) is 5.10 Å². The summed E-state index contributed by atoms with van der Waals surface area (Å²) in [6.45, 7) is 7.63. The summed E-state index contributed by atoms with van der Waals surface area (Å²) in [5.41, 5.74) is 2.46. The third-order valence-electron chi connectivity index (χ3n) is 5.08. The highest BCUT2D eigenvalue weighted by molar-refractivity contribution is 5.20. The highest BCUT2D eigenvalue weighted by atomic mass is 16.1. The van der Waals surface area contributed by atoms with Gasteiger partial charge in [-0.25, -0.2) is 4.68 Å². The Hall–Kier alpha value is -1.16. The Balaban J connectivity index is 1.67. The topological polar surface area (TPSA) is 38.1 Å². The first-order chi connectivity index (χ1) is 10.1. The lowest BCUT2D eigenvalue weighted by atomic mass is 9.95. The molecule has 1 aromatic rings. The molecule has 4 nitrogen and oxygen atoms in total. The number of likely N-dealkylation sites (tertiary alicyclic amines) is 1. The van der Waals surface area contributed by atoms with Gasteiger partial charge in [0.1, 0.15) is 0 Å². The molecule has 1 aromatic heterocycles. The van der Waals surface area contributed by atoms with Crippen LogP contribution >= 0.6 is 0 Å². The predicted octanol–water partition coefficient (Wildman–Crippen LogP) is 2.24. The third kappa shape index (κ3) is 3.37. The van der Waals surface area contributed by atoms with Crippen molar-refractivity contribution in [2.75, 3.05) is 13.1 Å². The van der Waals surface area contributed by atoms with Gasteiger partial charge < -0.3 is 4.90 Å². The highest BCUT2D eigenvalue weighted by Crippen LogP contribution is 2.21. The lowest BCUT2D eigenvalue weighted by Gasteiger charge is -2.34. The monoisotopic (exact) mass is 289 g/mol. The first-order valence-electron chi connectivity index (χ1n) is 8.47. The Labute approximate surface area is 127 Å². The van der Waals surface area contributed by atoms with E-state index in [1.54, 1.807) is 4.68 Å². The summed E-state index contributed by atoms with van der Waals surface area (Å²) in [5.74, 6) is 0.604. The summed E-state index contributed by atoms with van der Waals surface area (Å²) in [4.78, 5) is 14.8. The van der Waals surface area contributed by atoms with Crippen molar-refractivity contribution >= 4 is 0 Å². The summed E-state index contributed by atoms with van der Waals surface area (Å²) in [7, 11) is 0. The Morgan fingerprint density at radius 2 is 1.95 bits per heavy atom. The van der Waals surface area contributed by atoms with Crippen LogP contribution in [-0.4, -0.2) is 33.8 Å². The molecule has 2 aliphatic rings. The SMILES string of the molecule is CC(C)N1CCC(Cn2nc3c(cc2=O)CCCC3)CC1. The van der Waals surface area contributed by atoms with Crippen LogP contribution in [0.25, 0.3) is 0 Å². The molecular formula is C17H27N3O. The fourth-order valence-corrected chi connectivity index (χ4v) is 3.63. The number of piperidine rings is 1. The van der Waals surface area contributed by atoms with Crippen LogP contribution in [0.1, 0.15) is 50.8 Å². The number of hydrogen-bond donors (Lipinski definition) is 0. The van der Waals surface area contributed by atoms with Gasteiger partial charge in [0, 0.05) is 18.7 Å². The van der Waals surface area contributed by atoms with Crippen LogP contribution in [-0.2, 0) is 19.4 Å². The molecule has 0 radical (unpaired) electrons. The average Bonchev–Trinajstić information content (AvgIpc) is 2.48. The summed E-state index contributed by atoms with van der Waals surface area (Å²) < 4.78 is 1.74. The maximum atomic E-state index is 12.2. The minimum Gasteiger partial charge on any atom is -0.301 e. The van der Waals surface area contributed by atoms with Gasteiger partial charge in [-0.1, -0.05) is 0 Å². The molecule has 21 heavy (non-hydrogen) atoms. The Kier molecular flexibility index (Phi) is 4.43. The second-order valence-electron chi connectivity index (χ2n) is 6.92. The van der Waals surface area contributed by atoms with Crippen molar-refractivity contribution in [2.45, 2.75) is 65.0 Å². The number of aryl methyl sites for hydroxylation is 2. The standard InChI is InChI=1S/C17H27N3O/c1-13(2)19-9-7-14(8-10-19)12-20-17(21)11-15-5-3-4-6-16(15)18-20/h11,13-14H,3-10,12H2,1-2H3. The minimum absolute atomic E-state index is 0.0990. The van der Waals surface area contributed by atoms with Crippen molar-refractivity contribution in [3.05, 3.63) is 27.7 Å². The van der Waals surface area contributed by atoms with E-state index in [9.17, 15) is 4.79 Å². The molecule has 1 aliphatic carbocycles. The molecule has 4 heteroatoms. The van der Waals surface area contributed by atoms with E-state index in [1.807, 2.05) is 6.07 Å². The van der Waals surface area contributed by atoms with Crippen LogP contribution < -0.4 is 5.56 Å². The molecule has 1 saturated heterocycles. The van der Waals surface area contributed by atoms with E-state index in [0.717, 1.165) is 32.5 Å². The first kappa shape index (κ1) is 14.8. The number of rotatable bonds is 3. The van der Waals surface area contributed by atoms with Crippen LogP contribution in [0.4, 0.5) is 0 Å². The molecule has 0 saturated carbocycles. The Morgan fingerprint density at radius 3 is 2.67 bits per heavy atom. The second kappa shape index (κ2) is 6.30. The van der Waals surface area contributed by atoms with Gasteiger partial charge in [0.25, 0.3) is 5.56 Å². The predicted molar refractivity (Wildman–Crippen MR) is 84.6 cm³/mol. The van der Waals surface area contributed by atoms with Gasteiger partial charge in [0.2, 0.25) is 0 Å². The number of fused-ring (bicyclic) bond motifs is 1. The van der Waals surface area contributed by atoms with Gasteiger partial charge >= 0.3 is 0 Å². The number of nitrogens with zero attached hydrogens (tertiary/aromatic N) is 3. The Bertz CT molecular complexity index is 541. The van der Waals surface area contributed by atoms with Crippen LogP contribution in [0.15, 0.2) is 10.9 Å². The van der Waals surface area contributed by atoms with Crippen LogP contribution in [0, 0.1) is 5.92 Å². The molecule has 2 heterocycles. The van der Waals surface area contributed by atoms with Crippen molar-refractivity contribution in [1.82, 2.24) is 14.7 Å². The number of aromatic nitrogens is 2. The molecule has 0 spiro atoms. The zero-order valence-corrected chi connectivity index (χ0v) is 13.3. The van der Waals surface area contributed by atoms with Gasteiger partial charge in [0.15, 0.2) is 0 Å². The van der Waals surface area contributed by atoms with Gasteiger partial charge in [-0.05, 0) is 76.9 Å². The zero-order chi connectivity index (χ0) is 14.8. The fourth-order valence-electron chi connectivity index (χ4n) is 3.63. The largest absolute Gasteiger partial charge is 0.301 e. The normalized spacial score (nSPS) is 20.7. The molecule has 116 valence electrons. The molecule has 0 aromatic carbocycles. The molecule has 0 bridgehead atoms. The van der Waals surface area contributed by atoms with Crippen LogP contribution in [0.3, 0.4) is 0 Å². The lowest BCUT2D eigenvalue weighted by molar-refractivity contribution is 0.139. The van der Waals surface area contributed by atoms with Gasteiger partial charge in [-0.15, -0.1) is 0 Å². The second-order valence-corrected chi connectivity index (χ2v) is 6.92. The van der Waals surface area contributed by atoms with E-state index >= 15 is 0 Å². The van der Waals surface area contributed by atoms with Gasteiger partial charge in [0.05, 0.1) is 5.69 Å². The highest BCUT2D eigenvalue weighted by Gasteiger charge is 2.22. The molecule has 1 aliphatic heterocycles. The summed E-state index contributed by atoms with van der Waals surface area (Å²) in [5, 5.41) is 4.65. The van der Waals surface area contributed by atoms with Crippen molar-refractivity contribution in [3.63, 3.8) is 0 Å².